The molecule has 2 rings (SSSR count). The second kappa shape index (κ2) is 8.85. The molecule has 2 atom stereocenters. The molecular weight excluding hydrogens is 340 g/mol. The van der Waals surface area contributed by atoms with Crippen LogP contribution in [0.3, 0.4) is 0 Å². The van der Waals surface area contributed by atoms with E-state index in [1.807, 2.05) is 23.6 Å². The number of hydrogen-bond donors (Lipinski definition) is 1. The number of carbonyl (C=O) groups excluding carboxylic acids is 2. The number of thiophene rings is 1. The summed E-state index contributed by atoms with van der Waals surface area (Å²) in [6.45, 7) is 3.45. The molecule has 0 unspecified atom stereocenters. The van der Waals surface area contributed by atoms with Crippen molar-refractivity contribution in [1.29, 1.82) is 5.26 Å². The van der Waals surface area contributed by atoms with Gasteiger partial charge >= 0.3 is 5.97 Å². The molecule has 0 spiro atoms. The molecule has 0 aliphatic rings. The van der Waals surface area contributed by atoms with Crippen molar-refractivity contribution in [1.82, 2.24) is 5.32 Å². The molecule has 1 aromatic heterocycles. The van der Waals surface area contributed by atoms with Gasteiger partial charge in [0, 0.05) is 4.88 Å². The van der Waals surface area contributed by atoms with Crippen LogP contribution < -0.4 is 10.1 Å². The molecular formula is C18H18N2O4S. The number of nitrogens with zero attached hydrogens (tertiary/aromatic N) is 1. The fourth-order valence-electron chi connectivity index (χ4n) is 1.91. The minimum absolute atomic E-state index is 0.368. The molecule has 2 aromatic rings. The van der Waals surface area contributed by atoms with Crippen LogP contribution in [-0.2, 0) is 20.9 Å². The highest BCUT2D eigenvalue weighted by Gasteiger charge is 2.23. The highest BCUT2D eigenvalue weighted by atomic mass is 32.1. The summed E-state index contributed by atoms with van der Waals surface area (Å²) in [5.41, 5.74) is 0.499. The van der Waals surface area contributed by atoms with Crippen molar-refractivity contribution < 1.29 is 19.1 Å². The van der Waals surface area contributed by atoms with E-state index in [1.165, 1.54) is 25.2 Å². The molecule has 0 saturated carbocycles. The van der Waals surface area contributed by atoms with E-state index in [2.05, 4.69) is 5.32 Å². The Kier molecular flexibility index (Phi) is 6.54. The highest BCUT2D eigenvalue weighted by molar-refractivity contribution is 7.09. The summed E-state index contributed by atoms with van der Waals surface area (Å²) in [5.74, 6) is -0.561. The van der Waals surface area contributed by atoms with Gasteiger partial charge in [-0.05, 0) is 49.6 Å². The van der Waals surface area contributed by atoms with Crippen LogP contribution in [-0.4, -0.2) is 24.1 Å². The maximum atomic E-state index is 12.0. The molecule has 0 radical (unpaired) electrons. The number of amides is 1. The van der Waals surface area contributed by atoms with Gasteiger partial charge in [0.15, 0.2) is 12.2 Å². The third-order valence-corrected chi connectivity index (χ3v) is 4.18. The molecule has 25 heavy (non-hydrogen) atoms. The zero-order valence-corrected chi connectivity index (χ0v) is 14.7. The molecule has 0 bridgehead atoms. The first-order valence-corrected chi connectivity index (χ1v) is 8.55. The van der Waals surface area contributed by atoms with E-state index in [1.54, 1.807) is 24.3 Å². The lowest BCUT2D eigenvalue weighted by Gasteiger charge is -2.17. The molecule has 0 saturated heterocycles. The summed E-state index contributed by atoms with van der Waals surface area (Å²) in [5, 5.41) is 13.4. The summed E-state index contributed by atoms with van der Waals surface area (Å²) >= 11 is 1.54. The van der Waals surface area contributed by atoms with Gasteiger partial charge in [0.1, 0.15) is 5.75 Å². The first-order chi connectivity index (χ1) is 12.0. The van der Waals surface area contributed by atoms with E-state index in [0.29, 0.717) is 17.9 Å². The monoisotopic (exact) mass is 358 g/mol. The van der Waals surface area contributed by atoms with Crippen molar-refractivity contribution in [3.8, 4) is 11.8 Å². The Morgan fingerprint density at radius 2 is 1.92 bits per heavy atom. The van der Waals surface area contributed by atoms with E-state index in [-0.39, 0.29) is 5.91 Å². The predicted octanol–water partition coefficient (Wildman–Crippen LogP) is 2.64. The van der Waals surface area contributed by atoms with E-state index < -0.39 is 18.2 Å². The van der Waals surface area contributed by atoms with Gasteiger partial charge < -0.3 is 14.8 Å². The van der Waals surface area contributed by atoms with Gasteiger partial charge in [-0.15, -0.1) is 11.3 Å². The Morgan fingerprint density at radius 3 is 2.52 bits per heavy atom. The first kappa shape index (κ1) is 18.5. The van der Waals surface area contributed by atoms with Crippen LogP contribution in [0.15, 0.2) is 41.8 Å². The van der Waals surface area contributed by atoms with Gasteiger partial charge in [-0.25, -0.2) is 4.79 Å². The largest absolute Gasteiger partial charge is 0.479 e. The second-order valence-corrected chi connectivity index (χ2v) is 6.30. The Hall–Kier alpha value is -2.85. The van der Waals surface area contributed by atoms with E-state index >= 15 is 0 Å². The third kappa shape index (κ3) is 5.62. The topological polar surface area (TPSA) is 88.4 Å². The molecule has 7 heteroatoms. The molecule has 1 amide bonds. The predicted molar refractivity (Wildman–Crippen MR) is 93.0 cm³/mol. The van der Waals surface area contributed by atoms with Crippen LogP contribution in [0.25, 0.3) is 0 Å². The van der Waals surface area contributed by atoms with Gasteiger partial charge in [-0.1, -0.05) is 6.07 Å². The number of hydrogen-bond acceptors (Lipinski definition) is 6. The number of nitriles is 1. The molecule has 6 nitrogen and oxygen atoms in total. The maximum Gasteiger partial charge on any atom is 0.347 e. The first-order valence-electron chi connectivity index (χ1n) is 7.67. The van der Waals surface area contributed by atoms with Gasteiger partial charge in [0.25, 0.3) is 5.91 Å². The third-order valence-electron chi connectivity index (χ3n) is 3.31. The van der Waals surface area contributed by atoms with Crippen molar-refractivity contribution >= 4 is 23.2 Å². The van der Waals surface area contributed by atoms with Crippen LogP contribution in [0.4, 0.5) is 0 Å². The van der Waals surface area contributed by atoms with Gasteiger partial charge in [-0.2, -0.15) is 5.26 Å². The highest BCUT2D eigenvalue weighted by Crippen LogP contribution is 2.14. The molecule has 0 fully saturated rings. The lowest BCUT2D eigenvalue weighted by molar-refractivity contribution is -0.160. The summed E-state index contributed by atoms with van der Waals surface area (Å²) in [7, 11) is 0. The maximum absolute atomic E-state index is 12.0. The zero-order valence-electron chi connectivity index (χ0n) is 13.9. The Balaban J connectivity index is 1.80. The molecule has 1 aromatic carbocycles. The number of benzene rings is 1. The van der Waals surface area contributed by atoms with Gasteiger partial charge in [0.2, 0.25) is 0 Å². The summed E-state index contributed by atoms with van der Waals surface area (Å²) < 4.78 is 10.6. The standard InChI is InChI=1S/C18H18N2O4S/c1-12(17(21)20-11-16-4-3-9-25-16)24-18(22)13(2)23-15-7-5-14(10-19)6-8-15/h3-9,12-13H,11H2,1-2H3,(H,20,21)/t12-,13-/m1/s1. The molecule has 1 N–H and O–H groups in total. The molecule has 1 heterocycles. The quantitative estimate of drug-likeness (QED) is 0.769. The van der Waals surface area contributed by atoms with Crippen LogP contribution in [0.5, 0.6) is 5.75 Å². The Labute approximate surface area is 150 Å². The van der Waals surface area contributed by atoms with E-state index in [0.717, 1.165) is 4.88 Å². The second-order valence-electron chi connectivity index (χ2n) is 5.27. The lowest BCUT2D eigenvalue weighted by atomic mass is 10.2. The lowest BCUT2D eigenvalue weighted by Crippen LogP contribution is -2.38. The van der Waals surface area contributed by atoms with Crippen LogP contribution in [0.1, 0.15) is 24.3 Å². The molecule has 130 valence electrons. The fraction of sp³-hybridized carbons (Fsp3) is 0.278. The summed E-state index contributed by atoms with van der Waals surface area (Å²) in [6, 6.07) is 12.2. The van der Waals surface area contributed by atoms with Crippen molar-refractivity contribution in [2.75, 3.05) is 0 Å². The smallest absolute Gasteiger partial charge is 0.347 e. The van der Waals surface area contributed by atoms with Crippen LogP contribution >= 0.6 is 11.3 Å². The summed E-state index contributed by atoms with van der Waals surface area (Å²) in [4.78, 5) is 25.0. The minimum Gasteiger partial charge on any atom is -0.479 e. The van der Waals surface area contributed by atoms with Crippen molar-refractivity contribution in [2.24, 2.45) is 0 Å². The van der Waals surface area contributed by atoms with Crippen molar-refractivity contribution in [3.05, 3.63) is 52.2 Å². The number of rotatable bonds is 7. The number of esters is 1. The minimum atomic E-state index is -0.917. The number of ether oxygens (including phenoxy) is 2. The number of carbonyl (C=O) groups is 2. The summed E-state index contributed by atoms with van der Waals surface area (Å²) in [6.07, 6.45) is -1.79. The molecule has 0 aliphatic carbocycles. The van der Waals surface area contributed by atoms with Crippen molar-refractivity contribution in [2.45, 2.75) is 32.6 Å². The van der Waals surface area contributed by atoms with Crippen LogP contribution in [0, 0.1) is 11.3 Å². The zero-order chi connectivity index (χ0) is 18.2. The van der Waals surface area contributed by atoms with Gasteiger partial charge in [-0.3, -0.25) is 4.79 Å². The fourth-order valence-corrected chi connectivity index (χ4v) is 2.56. The Bertz CT molecular complexity index is 750. The van der Waals surface area contributed by atoms with Crippen LogP contribution in [0.2, 0.25) is 0 Å². The van der Waals surface area contributed by atoms with E-state index in [4.69, 9.17) is 14.7 Å². The normalized spacial score (nSPS) is 12.5. The van der Waals surface area contributed by atoms with Gasteiger partial charge in [0.05, 0.1) is 18.2 Å². The van der Waals surface area contributed by atoms with Crippen molar-refractivity contribution in [3.63, 3.8) is 0 Å². The number of nitrogens with one attached hydrogen (secondary N) is 1. The molecule has 0 aliphatic heterocycles. The SMILES string of the molecule is C[C@@H](OC(=O)[C@@H](C)Oc1ccc(C#N)cc1)C(=O)NCc1cccs1. The Morgan fingerprint density at radius 1 is 1.20 bits per heavy atom. The average molecular weight is 358 g/mol. The van der Waals surface area contributed by atoms with E-state index in [9.17, 15) is 9.59 Å². The average Bonchev–Trinajstić information content (AvgIpc) is 3.13.